The van der Waals surface area contributed by atoms with E-state index in [1.165, 1.54) is 0 Å². The molecule has 62 valence electrons. The highest BCUT2D eigenvalue weighted by Gasteiger charge is 2.27. The summed E-state index contributed by atoms with van der Waals surface area (Å²) in [5.74, 6) is 0.189. The van der Waals surface area contributed by atoms with Crippen molar-refractivity contribution in [3.8, 4) is 0 Å². The van der Waals surface area contributed by atoms with Crippen LogP contribution in [0.3, 0.4) is 0 Å². The zero-order valence-corrected chi connectivity index (χ0v) is 6.75. The number of nitrogens with zero attached hydrogens (tertiary/aromatic N) is 1. The highest BCUT2D eigenvalue weighted by atomic mass is 16.1. The standard InChI is InChI=1S/C8H13NO2/c1-2-8(11)7-4-3-5-9(7)6-10/h6-7H,2-5H2,1H3. The number of hydrogen-bond acceptors (Lipinski definition) is 2. The third kappa shape index (κ3) is 1.59. The number of carbonyl (C=O) groups excluding carboxylic acids is 2. The van der Waals surface area contributed by atoms with Crippen molar-refractivity contribution in [3.05, 3.63) is 0 Å². The Morgan fingerprint density at radius 3 is 3.00 bits per heavy atom. The Morgan fingerprint density at radius 2 is 2.45 bits per heavy atom. The van der Waals surface area contributed by atoms with Crippen molar-refractivity contribution in [2.75, 3.05) is 6.54 Å². The van der Waals surface area contributed by atoms with Crippen LogP contribution in [0.1, 0.15) is 26.2 Å². The summed E-state index contributed by atoms with van der Waals surface area (Å²) in [6.07, 6.45) is 3.14. The van der Waals surface area contributed by atoms with E-state index in [1.54, 1.807) is 4.90 Å². The van der Waals surface area contributed by atoms with Gasteiger partial charge in [0.15, 0.2) is 5.78 Å². The third-order valence-corrected chi connectivity index (χ3v) is 2.15. The van der Waals surface area contributed by atoms with Crippen LogP contribution in [0.2, 0.25) is 0 Å². The van der Waals surface area contributed by atoms with Gasteiger partial charge in [-0.05, 0) is 12.8 Å². The molecule has 0 aromatic rings. The second-order valence-corrected chi connectivity index (χ2v) is 2.82. The molecular weight excluding hydrogens is 142 g/mol. The number of rotatable bonds is 3. The predicted molar refractivity (Wildman–Crippen MR) is 41.1 cm³/mol. The smallest absolute Gasteiger partial charge is 0.210 e. The predicted octanol–water partition coefficient (Wildman–Crippen LogP) is 0.586. The zero-order valence-electron chi connectivity index (χ0n) is 6.75. The molecule has 0 aliphatic carbocycles. The Kier molecular flexibility index (Phi) is 2.63. The fourth-order valence-corrected chi connectivity index (χ4v) is 1.50. The quantitative estimate of drug-likeness (QED) is 0.559. The summed E-state index contributed by atoms with van der Waals surface area (Å²) >= 11 is 0. The average molecular weight is 155 g/mol. The Bertz CT molecular complexity index is 167. The molecule has 0 aromatic carbocycles. The summed E-state index contributed by atoms with van der Waals surface area (Å²) in [5.41, 5.74) is 0. The van der Waals surface area contributed by atoms with Crippen molar-refractivity contribution < 1.29 is 9.59 Å². The maximum absolute atomic E-state index is 11.2. The zero-order chi connectivity index (χ0) is 8.27. The lowest BCUT2D eigenvalue weighted by atomic mass is 10.1. The van der Waals surface area contributed by atoms with Crippen molar-refractivity contribution >= 4 is 12.2 Å². The van der Waals surface area contributed by atoms with Crippen LogP contribution in [0.25, 0.3) is 0 Å². The number of ketones is 1. The fraction of sp³-hybridized carbons (Fsp3) is 0.750. The molecule has 1 heterocycles. The maximum atomic E-state index is 11.2. The van der Waals surface area contributed by atoms with Crippen LogP contribution in [-0.4, -0.2) is 29.7 Å². The van der Waals surface area contributed by atoms with Crippen LogP contribution < -0.4 is 0 Å². The fourth-order valence-electron chi connectivity index (χ4n) is 1.50. The molecule has 0 aromatic heterocycles. The molecule has 0 radical (unpaired) electrons. The van der Waals surface area contributed by atoms with Gasteiger partial charge in [0.25, 0.3) is 0 Å². The van der Waals surface area contributed by atoms with E-state index in [2.05, 4.69) is 0 Å². The van der Waals surface area contributed by atoms with Gasteiger partial charge in [0, 0.05) is 13.0 Å². The monoisotopic (exact) mass is 155 g/mol. The van der Waals surface area contributed by atoms with Crippen molar-refractivity contribution in [3.63, 3.8) is 0 Å². The van der Waals surface area contributed by atoms with Gasteiger partial charge in [0.1, 0.15) is 0 Å². The van der Waals surface area contributed by atoms with E-state index in [4.69, 9.17) is 0 Å². The van der Waals surface area contributed by atoms with Gasteiger partial charge in [-0.25, -0.2) is 0 Å². The second kappa shape index (κ2) is 3.51. The first-order valence-corrected chi connectivity index (χ1v) is 4.03. The number of carbonyl (C=O) groups is 2. The normalized spacial score (nSPS) is 23.7. The summed E-state index contributed by atoms with van der Waals surface area (Å²) in [6.45, 7) is 2.59. The van der Waals surface area contributed by atoms with E-state index in [0.29, 0.717) is 6.42 Å². The van der Waals surface area contributed by atoms with E-state index in [0.717, 1.165) is 25.8 Å². The van der Waals surface area contributed by atoms with Crippen molar-refractivity contribution in [2.24, 2.45) is 0 Å². The van der Waals surface area contributed by atoms with Crippen LogP contribution in [0.15, 0.2) is 0 Å². The van der Waals surface area contributed by atoms with Gasteiger partial charge in [-0.1, -0.05) is 6.92 Å². The van der Waals surface area contributed by atoms with Gasteiger partial charge in [-0.3, -0.25) is 9.59 Å². The van der Waals surface area contributed by atoms with Crippen molar-refractivity contribution in [1.29, 1.82) is 0 Å². The number of likely N-dealkylation sites (tertiary alicyclic amines) is 1. The average Bonchev–Trinajstić information content (AvgIpc) is 2.50. The molecule has 1 atom stereocenters. The number of Topliss-reactive ketones (excluding diaryl/α,β-unsaturated/α-hetero) is 1. The molecule has 3 nitrogen and oxygen atoms in total. The first kappa shape index (κ1) is 8.24. The molecule has 1 saturated heterocycles. The van der Waals surface area contributed by atoms with Gasteiger partial charge >= 0.3 is 0 Å². The lowest BCUT2D eigenvalue weighted by Crippen LogP contribution is -2.34. The van der Waals surface area contributed by atoms with Crippen LogP contribution >= 0.6 is 0 Å². The van der Waals surface area contributed by atoms with Gasteiger partial charge in [-0.15, -0.1) is 0 Å². The Morgan fingerprint density at radius 1 is 1.73 bits per heavy atom. The van der Waals surface area contributed by atoms with Crippen LogP contribution in [0.4, 0.5) is 0 Å². The highest BCUT2D eigenvalue weighted by molar-refractivity contribution is 5.85. The van der Waals surface area contributed by atoms with Crippen LogP contribution in [-0.2, 0) is 9.59 Å². The van der Waals surface area contributed by atoms with E-state index < -0.39 is 0 Å². The van der Waals surface area contributed by atoms with Gasteiger partial charge in [0.2, 0.25) is 6.41 Å². The molecule has 1 fully saturated rings. The Balaban J connectivity index is 2.56. The van der Waals surface area contributed by atoms with Gasteiger partial charge < -0.3 is 4.90 Å². The van der Waals surface area contributed by atoms with Crippen molar-refractivity contribution in [1.82, 2.24) is 4.90 Å². The van der Waals surface area contributed by atoms with Gasteiger partial charge in [-0.2, -0.15) is 0 Å². The minimum Gasteiger partial charge on any atom is -0.335 e. The lowest BCUT2D eigenvalue weighted by molar-refractivity contribution is -0.129. The lowest BCUT2D eigenvalue weighted by Gasteiger charge is -2.17. The van der Waals surface area contributed by atoms with Crippen LogP contribution in [0, 0.1) is 0 Å². The molecule has 1 rings (SSSR count). The molecular formula is C8H13NO2. The van der Waals surface area contributed by atoms with E-state index in [9.17, 15) is 9.59 Å². The second-order valence-electron chi connectivity index (χ2n) is 2.82. The molecule has 1 amide bonds. The molecule has 0 bridgehead atoms. The molecule has 1 aliphatic heterocycles. The van der Waals surface area contributed by atoms with E-state index in [1.807, 2.05) is 6.92 Å². The minimum atomic E-state index is -0.113. The first-order chi connectivity index (χ1) is 5.29. The summed E-state index contributed by atoms with van der Waals surface area (Å²) in [5, 5.41) is 0. The number of amides is 1. The topological polar surface area (TPSA) is 37.4 Å². The molecule has 3 heteroatoms. The van der Waals surface area contributed by atoms with Crippen molar-refractivity contribution in [2.45, 2.75) is 32.2 Å². The van der Waals surface area contributed by atoms with Gasteiger partial charge in [0.05, 0.1) is 6.04 Å². The molecule has 0 spiro atoms. The first-order valence-electron chi connectivity index (χ1n) is 4.03. The van der Waals surface area contributed by atoms with E-state index >= 15 is 0 Å². The maximum Gasteiger partial charge on any atom is 0.210 e. The third-order valence-electron chi connectivity index (χ3n) is 2.15. The molecule has 1 unspecified atom stereocenters. The molecule has 1 aliphatic rings. The van der Waals surface area contributed by atoms with Crippen LogP contribution in [0.5, 0.6) is 0 Å². The summed E-state index contributed by atoms with van der Waals surface area (Å²) in [7, 11) is 0. The SMILES string of the molecule is CCC(=O)C1CCCN1C=O. The molecule has 0 N–H and O–H groups in total. The number of hydrogen-bond donors (Lipinski definition) is 0. The molecule has 0 saturated carbocycles. The Hall–Kier alpha value is -0.860. The summed E-state index contributed by atoms with van der Waals surface area (Å²) < 4.78 is 0. The van der Waals surface area contributed by atoms with E-state index in [-0.39, 0.29) is 11.8 Å². The Labute approximate surface area is 66.4 Å². The summed E-state index contributed by atoms with van der Waals surface area (Å²) in [6, 6.07) is -0.113. The highest BCUT2D eigenvalue weighted by Crippen LogP contribution is 2.16. The largest absolute Gasteiger partial charge is 0.335 e. The minimum absolute atomic E-state index is 0.113. The molecule has 11 heavy (non-hydrogen) atoms. The summed E-state index contributed by atoms with van der Waals surface area (Å²) in [4.78, 5) is 23.2.